The number of carbonyl (C=O) groups is 1. The minimum atomic E-state index is -4.85. The number of amides is 1. The van der Waals surface area contributed by atoms with Crippen LogP contribution in [0.1, 0.15) is 25.3 Å². The third-order valence-corrected chi connectivity index (χ3v) is 6.03. The Labute approximate surface area is 183 Å². The lowest BCUT2D eigenvalue weighted by atomic mass is 9.77. The summed E-state index contributed by atoms with van der Waals surface area (Å²) in [7, 11) is 1.06. The van der Waals surface area contributed by atoms with E-state index < -0.39 is 53.0 Å². The number of halogens is 5. The van der Waals surface area contributed by atoms with Crippen LogP contribution < -0.4 is 10.1 Å². The van der Waals surface area contributed by atoms with Gasteiger partial charge in [-0.15, -0.1) is 5.10 Å². The Kier molecular flexibility index (Phi) is 5.47. The quantitative estimate of drug-likeness (QED) is 0.586. The third kappa shape index (κ3) is 3.65. The average Bonchev–Trinajstić information content (AvgIpc) is 3.32. The highest BCUT2D eigenvalue weighted by molar-refractivity contribution is 5.95. The molecule has 3 heterocycles. The number of fused-ring (bicyclic) bond motifs is 1. The number of rotatable bonds is 4. The lowest BCUT2D eigenvalue weighted by Gasteiger charge is -2.32. The Morgan fingerprint density at radius 2 is 1.97 bits per heavy atom. The number of benzene rings is 1. The van der Waals surface area contributed by atoms with Crippen LogP contribution in [0.5, 0.6) is 5.75 Å². The van der Waals surface area contributed by atoms with Gasteiger partial charge in [0.15, 0.2) is 22.8 Å². The SMILES string of the molecule is COc1c([C@@H]2[C@@H](C(=O)Nc3ccc4nnnn4c3)O[C@](C)(C(F)(F)F)[C@@H]2C)ccc(F)c1F. The van der Waals surface area contributed by atoms with E-state index in [-0.39, 0.29) is 11.3 Å². The van der Waals surface area contributed by atoms with Crippen LogP contribution in [0.15, 0.2) is 30.5 Å². The summed E-state index contributed by atoms with van der Waals surface area (Å²) in [6.45, 7) is 2.05. The Bertz CT molecular complexity index is 1220. The molecule has 0 unspecified atom stereocenters. The highest BCUT2D eigenvalue weighted by atomic mass is 19.4. The second-order valence-electron chi connectivity index (χ2n) is 7.83. The second-order valence-corrected chi connectivity index (χ2v) is 7.83. The Balaban J connectivity index is 1.76. The van der Waals surface area contributed by atoms with Crippen LogP contribution in [0.4, 0.5) is 27.6 Å². The number of nitrogens with zero attached hydrogens (tertiary/aromatic N) is 4. The average molecular weight is 471 g/mol. The molecule has 0 radical (unpaired) electrons. The van der Waals surface area contributed by atoms with Crippen LogP contribution in [-0.2, 0) is 9.53 Å². The highest BCUT2D eigenvalue weighted by Crippen LogP contribution is 2.55. The molecule has 176 valence electrons. The molecule has 0 saturated carbocycles. The highest BCUT2D eigenvalue weighted by Gasteiger charge is 2.65. The van der Waals surface area contributed by atoms with Crippen molar-refractivity contribution >= 4 is 17.2 Å². The second kappa shape index (κ2) is 7.90. The zero-order valence-electron chi connectivity index (χ0n) is 17.5. The van der Waals surface area contributed by atoms with Crippen LogP contribution in [0.25, 0.3) is 5.65 Å². The molecular weight excluding hydrogens is 453 g/mol. The molecule has 8 nitrogen and oxygen atoms in total. The standard InChI is InChI=1S/C20H18F5N5O3/c1-9-14(11-5-6-12(21)15(22)16(11)32-3)17(33-19(9,2)20(23,24)25)18(31)26-10-4-7-13-27-28-29-30(13)8-10/h4-9,14,17H,1-3H3,(H,26,31)/t9-,14-,17+,19+/m1/s1. The number of ether oxygens (including phenoxy) is 2. The van der Waals surface area contributed by atoms with Gasteiger partial charge in [0.05, 0.1) is 19.0 Å². The first-order valence-corrected chi connectivity index (χ1v) is 9.73. The lowest BCUT2D eigenvalue weighted by Crippen LogP contribution is -2.47. The van der Waals surface area contributed by atoms with Crippen LogP contribution in [-0.4, -0.2) is 50.9 Å². The summed E-state index contributed by atoms with van der Waals surface area (Å²) < 4.78 is 81.5. The summed E-state index contributed by atoms with van der Waals surface area (Å²) in [5.41, 5.74) is -2.29. The molecule has 1 saturated heterocycles. The minimum Gasteiger partial charge on any atom is -0.493 e. The molecule has 33 heavy (non-hydrogen) atoms. The predicted molar refractivity (Wildman–Crippen MR) is 104 cm³/mol. The first kappa shape index (κ1) is 22.8. The minimum absolute atomic E-state index is 0.118. The van der Waals surface area contributed by atoms with E-state index in [1.165, 1.54) is 29.8 Å². The molecule has 1 N–H and O–H groups in total. The van der Waals surface area contributed by atoms with Gasteiger partial charge < -0.3 is 14.8 Å². The van der Waals surface area contributed by atoms with Crippen molar-refractivity contribution in [2.24, 2.45) is 5.92 Å². The molecule has 2 aromatic heterocycles. The van der Waals surface area contributed by atoms with Crippen molar-refractivity contribution in [1.82, 2.24) is 20.0 Å². The molecule has 0 aliphatic carbocycles. The maximum Gasteiger partial charge on any atom is 0.417 e. The van der Waals surface area contributed by atoms with Crippen molar-refractivity contribution in [2.75, 3.05) is 12.4 Å². The largest absolute Gasteiger partial charge is 0.493 e. The van der Waals surface area contributed by atoms with E-state index in [1.54, 1.807) is 0 Å². The number of nitrogens with one attached hydrogen (secondary N) is 1. The van der Waals surface area contributed by atoms with E-state index in [0.29, 0.717) is 5.65 Å². The Morgan fingerprint density at radius 1 is 1.24 bits per heavy atom. The monoisotopic (exact) mass is 471 g/mol. The molecular formula is C20H18F5N5O3. The summed E-state index contributed by atoms with van der Waals surface area (Å²) >= 11 is 0. The van der Waals surface area contributed by atoms with Crippen molar-refractivity contribution in [2.45, 2.75) is 37.6 Å². The van der Waals surface area contributed by atoms with Crippen molar-refractivity contribution in [3.63, 3.8) is 0 Å². The van der Waals surface area contributed by atoms with Crippen molar-refractivity contribution in [3.05, 3.63) is 47.7 Å². The normalized spacial score (nSPS) is 25.4. The van der Waals surface area contributed by atoms with Gasteiger partial charge in [0.25, 0.3) is 5.91 Å². The molecule has 1 aliphatic heterocycles. The predicted octanol–water partition coefficient (Wildman–Crippen LogP) is 3.49. The van der Waals surface area contributed by atoms with Crippen LogP contribution in [0, 0.1) is 17.6 Å². The Hall–Kier alpha value is -3.35. The maximum atomic E-state index is 14.4. The van der Waals surface area contributed by atoms with Crippen LogP contribution in [0.2, 0.25) is 0 Å². The number of hydrogen-bond acceptors (Lipinski definition) is 6. The fourth-order valence-electron chi connectivity index (χ4n) is 4.07. The fraction of sp³-hybridized carbons (Fsp3) is 0.400. The van der Waals surface area contributed by atoms with Crippen molar-refractivity contribution in [1.29, 1.82) is 0 Å². The topological polar surface area (TPSA) is 90.6 Å². The van der Waals surface area contributed by atoms with Gasteiger partial charge in [0.1, 0.15) is 6.10 Å². The third-order valence-electron chi connectivity index (χ3n) is 6.03. The number of alkyl halides is 3. The molecule has 0 bridgehead atoms. The maximum absolute atomic E-state index is 14.4. The zero-order valence-corrected chi connectivity index (χ0v) is 17.5. The van der Waals surface area contributed by atoms with E-state index >= 15 is 0 Å². The van der Waals surface area contributed by atoms with Crippen LogP contribution in [0.3, 0.4) is 0 Å². The van der Waals surface area contributed by atoms with Gasteiger partial charge in [0, 0.05) is 17.4 Å². The molecule has 4 rings (SSSR count). The van der Waals surface area contributed by atoms with Gasteiger partial charge >= 0.3 is 6.18 Å². The molecule has 1 fully saturated rings. The van der Waals surface area contributed by atoms with Gasteiger partial charge in [-0.3, -0.25) is 4.79 Å². The zero-order chi connectivity index (χ0) is 24.1. The van der Waals surface area contributed by atoms with Gasteiger partial charge in [-0.05, 0) is 35.5 Å². The number of tetrazole rings is 1. The number of aromatic nitrogens is 4. The van der Waals surface area contributed by atoms with E-state index in [4.69, 9.17) is 9.47 Å². The number of methoxy groups -OCH3 is 1. The van der Waals surface area contributed by atoms with Gasteiger partial charge in [-0.2, -0.15) is 22.1 Å². The smallest absolute Gasteiger partial charge is 0.417 e. The first-order valence-electron chi connectivity index (χ1n) is 9.73. The fourth-order valence-corrected chi connectivity index (χ4v) is 4.07. The van der Waals surface area contributed by atoms with E-state index in [0.717, 1.165) is 26.2 Å². The summed E-state index contributed by atoms with van der Waals surface area (Å²) in [5.74, 6) is -6.77. The number of hydrogen-bond donors (Lipinski definition) is 1. The number of carbonyl (C=O) groups excluding carboxylic acids is 1. The lowest BCUT2D eigenvalue weighted by molar-refractivity contribution is -0.272. The molecule has 1 aliphatic rings. The summed E-state index contributed by atoms with van der Waals surface area (Å²) in [5, 5.41) is 13.3. The molecule has 4 atom stereocenters. The molecule has 1 aromatic carbocycles. The Morgan fingerprint density at radius 3 is 2.64 bits per heavy atom. The van der Waals surface area contributed by atoms with Gasteiger partial charge in [-0.1, -0.05) is 13.0 Å². The molecule has 1 amide bonds. The number of pyridine rings is 1. The molecule has 3 aromatic rings. The summed E-state index contributed by atoms with van der Waals surface area (Å²) in [6, 6.07) is 4.81. The van der Waals surface area contributed by atoms with Crippen LogP contribution >= 0.6 is 0 Å². The van der Waals surface area contributed by atoms with Gasteiger partial charge in [0.2, 0.25) is 5.82 Å². The van der Waals surface area contributed by atoms with E-state index in [2.05, 4.69) is 20.8 Å². The van der Waals surface area contributed by atoms with Crippen molar-refractivity contribution < 1.29 is 36.2 Å². The number of anilines is 1. The van der Waals surface area contributed by atoms with Crippen molar-refractivity contribution in [3.8, 4) is 5.75 Å². The molecule has 0 spiro atoms. The summed E-state index contributed by atoms with van der Waals surface area (Å²) in [6.07, 6.45) is -5.19. The molecule has 13 heteroatoms. The van der Waals surface area contributed by atoms with E-state index in [1.807, 2.05) is 0 Å². The van der Waals surface area contributed by atoms with Gasteiger partial charge in [-0.25, -0.2) is 4.39 Å². The van der Waals surface area contributed by atoms with E-state index in [9.17, 15) is 26.7 Å². The first-order chi connectivity index (χ1) is 15.5. The summed E-state index contributed by atoms with van der Waals surface area (Å²) in [4.78, 5) is 13.1.